The van der Waals surface area contributed by atoms with Gasteiger partial charge in [0.05, 0.1) is 24.4 Å². The number of hydrogen-bond acceptors (Lipinski definition) is 7. The van der Waals surface area contributed by atoms with Crippen LogP contribution in [-0.4, -0.2) is 36.4 Å². The predicted molar refractivity (Wildman–Crippen MR) is 170 cm³/mol. The molecule has 0 aliphatic carbocycles. The van der Waals surface area contributed by atoms with Crippen LogP contribution in [0.2, 0.25) is 0 Å². The zero-order valence-electron chi connectivity index (χ0n) is 24.4. The number of hydrazone groups is 1. The third-order valence-corrected chi connectivity index (χ3v) is 6.73. The topological polar surface area (TPSA) is 110 Å². The third kappa shape index (κ3) is 8.51. The van der Waals surface area contributed by atoms with E-state index in [4.69, 9.17) is 26.4 Å². The lowest BCUT2D eigenvalue weighted by Gasteiger charge is -2.30. The number of benzene rings is 3. The molecule has 0 saturated heterocycles. The van der Waals surface area contributed by atoms with Crippen molar-refractivity contribution in [2.45, 2.75) is 32.9 Å². The van der Waals surface area contributed by atoms with Gasteiger partial charge in [-0.05, 0) is 85.6 Å². The molecule has 0 unspecified atom stereocenters. The van der Waals surface area contributed by atoms with Crippen molar-refractivity contribution < 1.29 is 28.2 Å². The van der Waals surface area contributed by atoms with Gasteiger partial charge in [0.2, 0.25) is 0 Å². The molecule has 1 heterocycles. The number of nitrogens with zero attached hydrogens (tertiary/aromatic N) is 1. The first-order valence-corrected chi connectivity index (χ1v) is 14.3. The predicted octanol–water partition coefficient (Wildman–Crippen LogP) is 5.02. The molecule has 0 saturated carbocycles. The van der Waals surface area contributed by atoms with E-state index in [0.29, 0.717) is 39.9 Å². The molecule has 0 bridgehead atoms. The van der Waals surface area contributed by atoms with Crippen molar-refractivity contribution in [1.29, 1.82) is 0 Å². The molecule has 4 rings (SSSR count). The van der Waals surface area contributed by atoms with E-state index in [1.165, 1.54) is 18.3 Å². The van der Waals surface area contributed by atoms with Crippen molar-refractivity contribution in [3.63, 3.8) is 0 Å². The summed E-state index contributed by atoms with van der Waals surface area (Å²) in [6.45, 7) is 7.48. The molecule has 3 N–H and O–H groups in total. The van der Waals surface area contributed by atoms with Crippen LogP contribution in [0.1, 0.15) is 42.1 Å². The van der Waals surface area contributed by atoms with E-state index in [0.717, 1.165) is 16.7 Å². The van der Waals surface area contributed by atoms with Gasteiger partial charge in [0, 0.05) is 11.3 Å². The average Bonchev–Trinajstić information content (AvgIpc) is 3.00. The Morgan fingerprint density at radius 3 is 2.61 bits per heavy atom. The summed E-state index contributed by atoms with van der Waals surface area (Å²) in [5.74, 6) is -0.197. The van der Waals surface area contributed by atoms with E-state index in [1.54, 1.807) is 56.3 Å². The minimum Gasteiger partial charge on any atom is -0.489 e. The van der Waals surface area contributed by atoms with Crippen molar-refractivity contribution in [2.24, 2.45) is 5.10 Å². The second kappa shape index (κ2) is 15.4. The Hall–Kier alpha value is -5.03. The monoisotopic (exact) mass is 616 g/mol. The van der Waals surface area contributed by atoms with E-state index in [1.807, 2.05) is 18.2 Å². The lowest BCUT2D eigenvalue weighted by Crippen LogP contribution is -2.45. The second-order valence-electron chi connectivity index (χ2n) is 9.69. The summed E-state index contributed by atoms with van der Waals surface area (Å²) >= 11 is 5.32. The van der Waals surface area contributed by atoms with E-state index in [2.05, 4.69) is 27.7 Å². The molecular formula is C33H33FN4O5S. The van der Waals surface area contributed by atoms with Crippen molar-refractivity contribution in [3.8, 4) is 11.5 Å². The van der Waals surface area contributed by atoms with Gasteiger partial charge in [0.25, 0.3) is 5.91 Å². The molecule has 11 heteroatoms. The van der Waals surface area contributed by atoms with Crippen LogP contribution in [0.3, 0.4) is 0 Å². The number of allylic oxidation sites excluding steroid dienone is 2. The summed E-state index contributed by atoms with van der Waals surface area (Å²) in [7, 11) is 0. The molecule has 1 atom stereocenters. The highest BCUT2D eigenvalue weighted by atomic mass is 32.1. The van der Waals surface area contributed by atoms with Gasteiger partial charge in [-0.15, -0.1) is 6.58 Å². The number of nitrogens with one attached hydrogen (secondary N) is 3. The lowest BCUT2D eigenvalue weighted by atomic mass is 9.95. The molecule has 1 aliphatic heterocycles. The Morgan fingerprint density at radius 1 is 1.09 bits per heavy atom. The van der Waals surface area contributed by atoms with Gasteiger partial charge >= 0.3 is 5.97 Å². The molecular weight excluding hydrogens is 583 g/mol. The molecule has 44 heavy (non-hydrogen) atoms. The maximum absolute atomic E-state index is 13.2. The SMILES string of the molecule is C=CCc1cc(C=NNC(=O)COc2ccccc2[C@H]2NC(=S)NC(C)=C2C(=O)OCC)ccc1OCc1ccc(F)cc1. The largest absolute Gasteiger partial charge is 0.489 e. The Bertz CT molecular complexity index is 1590. The average molecular weight is 617 g/mol. The molecule has 3 aromatic rings. The highest BCUT2D eigenvalue weighted by Crippen LogP contribution is 2.33. The number of rotatable bonds is 13. The van der Waals surface area contributed by atoms with Crippen molar-refractivity contribution >= 4 is 35.4 Å². The summed E-state index contributed by atoms with van der Waals surface area (Å²) in [4.78, 5) is 25.3. The zero-order chi connectivity index (χ0) is 31.5. The maximum Gasteiger partial charge on any atom is 0.338 e. The first-order chi connectivity index (χ1) is 21.3. The Balaban J connectivity index is 1.38. The molecule has 0 spiro atoms. The number of esters is 1. The van der Waals surface area contributed by atoms with Crippen LogP contribution < -0.4 is 25.5 Å². The van der Waals surface area contributed by atoms with E-state index < -0.39 is 17.9 Å². The second-order valence-corrected chi connectivity index (χ2v) is 10.1. The van der Waals surface area contributed by atoms with Crippen molar-refractivity contribution in [2.75, 3.05) is 13.2 Å². The molecule has 0 fully saturated rings. The summed E-state index contributed by atoms with van der Waals surface area (Å²) in [5.41, 5.74) is 6.49. The maximum atomic E-state index is 13.2. The molecule has 3 aromatic carbocycles. The third-order valence-electron chi connectivity index (χ3n) is 6.51. The molecule has 0 aromatic heterocycles. The van der Waals surface area contributed by atoms with Gasteiger partial charge in [-0.2, -0.15) is 5.10 Å². The fraction of sp³-hybridized carbons (Fsp3) is 0.212. The van der Waals surface area contributed by atoms with Gasteiger partial charge in [0.15, 0.2) is 11.7 Å². The van der Waals surface area contributed by atoms with Crippen LogP contribution in [0.25, 0.3) is 0 Å². The first kappa shape index (κ1) is 31.9. The number of amides is 1. The minimum absolute atomic E-state index is 0.219. The number of carbonyl (C=O) groups is 2. The van der Waals surface area contributed by atoms with Gasteiger partial charge < -0.3 is 24.8 Å². The van der Waals surface area contributed by atoms with Gasteiger partial charge in [0.1, 0.15) is 23.9 Å². The quantitative estimate of drug-likeness (QED) is 0.0808. The molecule has 9 nitrogen and oxygen atoms in total. The number of ether oxygens (including phenoxy) is 3. The zero-order valence-corrected chi connectivity index (χ0v) is 25.2. The summed E-state index contributed by atoms with van der Waals surface area (Å²) in [6, 6.07) is 18.1. The Labute approximate surface area is 260 Å². The van der Waals surface area contributed by atoms with Gasteiger partial charge in [-0.25, -0.2) is 14.6 Å². The summed E-state index contributed by atoms with van der Waals surface area (Å²) in [5, 5.41) is 10.5. The fourth-order valence-electron chi connectivity index (χ4n) is 4.49. The normalized spacial score (nSPS) is 14.4. The van der Waals surface area contributed by atoms with Crippen molar-refractivity contribution in [1.82, 2.24) is 16.1 Å². The first-order valence-electron chi connectivity index (χ1n) is 13.9. The van der Waals surface area contributed by atoms with Crippen LogP contribution in [0.4, 0.5) is 4.39 Å². The van der Waals surface area contributed by atoms with Crippen molar-refractivity contribution in [3.05, 3.63) is 119 Å². The van der Waals surface area contributed by atoms with E-state index >= 15 is 0 Å². The Morgan fingerprint density at radius 2 is 1.86 bits per heavy atom. The highest BCUT2D eigenvalue weighted by molar-refractivity contribution is 7.80. The molecule has 1 amide bonds. The molecule has 0 radical (unpaired) electrons. The highest BCUT2D eigenvalue weighted by Gasteiger charge is 2.32. The van der Waals surface area contributed by atoms with Gasteiger partial charge in [-0.3, -0.25) is 4.79 Å². The van der Waals surface area contributed by atoms with E-state index in [-0.39, 0.29) is 25.6 Å². The van der Waals surface area contributed by atoms with Crippen LogP contribution in [0.5, 0.6) is 11.5 Å². The number of carbonyl (C=O) groups excluding carboxylic acids is 2. The minimum atomic E-state index is -0.632. The number of halogens is 1. The lowest BCUT2D eigenvalue weighted by molar-refractivity contribution is -0.139. The smallest absolute Gasteiger partial charge is 0.338 e. The fourth-order valence-corrected chi connectivity index (χ4v) is 4.76. The van der Waals surface area contributed by atoms with Gasteiger partial charge in [-0.1, -0.05) is 36.4 Å². The molecule has 1 aliphatic rings. The van der Waals surface area contributed by atoms with E-state index in [9.17, 15) is 14.0 Å². The Kier molecular flexibility index (Phi) is 11.2. The van der Waals surface area contributed by atoms with Crippen LogP contribution in [0.15, 0.2) is 95.8 Å². The standard InChI is InChI=1S/C33H33FN4O5S/c1-4-8-24-17-23(13-16-27(24)42-19-22-11-14-25(34)15-12-22)18-35-38-29(39)20-43-28-10-7-6-9-26(28)31-30(32(40)41-5-2)21(3)36-33(44)37-31/h4,6-7,9-18,31H,1,5,8,19-20H2,2-3H3,(H,38,39)(H2,36,37,44)/t31-/m1/s1. The van der Waals surface area contributed by atoms with Crippen LogP contribution in [-0.2, 0) is 27.4 Å². The van der Waals surface area contributed by atoms with Crippen LogP contribution >= 0.6 is 12.2 Å². The number of hydrogen-bond donors (Lipinski definition) is 3. The summed E-state index contributed by atoms with van der Waals surface area (Å²) in [6.07, 6.45) is 3.84. The summed E-state index contributed by atoms with van der Waals surface area (Å²) < 4.78 is 30.2. The molecule has 228 valence electrons. The number of thiocarbonyl (C=S) groups is 1. The van der Waals surface area contributed by atoms with Crippen LogP contribution in [0, 0.1) is 5.82 Å². The number of para-hydroxylation sites is 1.